The molecular weight excluding hydrogens is 180 g/mol. The number of hydrogen-bond acceptors (Lipinski definition) is 3. The number of fused-ring (bicyclic) bond motifs is 1. The zero-order valence-corrected chi connectivity index (χ0v) is 7.40. The number of rotatable bonds is 2. The number of ketones is 1. The van der Waals surface area contributed by atoms with E-state index in [1.165, 1.54) is 6.26 Å². The summed E-state index contributed by atoms with van der Waals surface area (Å²) in [7, 11) is 0. The fraction of sp³-hybridized carbons (Fsp3) is 0.182. The van der Waals surface area contributed by atoms with E-state index < -0.39 is 0 Å². The molecule has 1 aliphatic rings. The van der Waals surface area contributed by atoms with Gasteiger partial charge < -0.3 is 9.15 Å². The summed E-state index contributed by atoms with van der Waals surface area (Å²) in [5, 5.41) is 0.869. The van der Waals surface area contributed by atoms with Gasteiger partial charge in [0.25, 0.3) is 0 Å². The molecule has 0 spiro atoms. The maximum absolute atomic E-state index is 11.7. The highest BCUT2D eigenvalue weighted by Crippen LogP contribution is 2.25. The highest BCUT2D eigenvalue weighted by Gasteiger charge is 2.33. The third-order valence-electron chi connectivity index (χ3n) is 2.37. The molecule has 1 atom stereocenters. The third-order valence-corrected chi connectivity index (χ3v) is 2.37. The molecule has 2 aromatic rings. The monoisotopic (exact) mass is 188 g/mol. The number of furan rings is 1. The lowest BCUT2D eigenvalue weighted by Gasteiger charge is -1.91. The van der Waals surface area contributed by atoms with Crippen molar-refractivity contribution < 1.29 is 13.9 Å². The summed E-state index contributed by atoms with van der Waals surface area (Å²) in [4.78, 5) is 11.7. The largest absolute Gasteiger partial charge is 0.464 e. The molecule has 1 unspecified atom stereocenters. The van der Waals surface area contributed by atoms with Crippen LogP contribution in [0.3, 0.4) is 0 Å². The van der Waals surface area contributed by atoms with Crippen LogP contribution in [0.2, 0.25) is 0 Å². The van der Waals surface area contributed by atoms with Crippen molar-refractivity contribution in [3.8, 4) is 0 Å². The lowest BCUT2D eigenvalue weighted by Crippen LogP contribution is -2.05. The Morgan fingerprint density at radius 2 is 2.14 bits per heavy atom. The second-order valence-corrected chi connectivity index (χ2v) is 3.33. The molecule has 0 bridgehead atoms. The minimum Gasteiger partial charge on any atom is -0.464 e. The fourth-order valence-electron chi connectivity index (χ4n) is 1.54. The Balaban J connectivity index is 2.16. The second kappa shape index (κ2) is 2.69. The summed E-state index contributed by atoms with van der Waals surface area (Å²) in [6, 6.07) is 7.50. The van der Waals surface area contributed by atoms with Gasteiger partial charge in [0.15, 0.2) is 5.78 Å². The molecule has 0 amide bonds. The van der Waals surface area contributed by atoms with Gasteiger partial charge in [0, 0.05) is 5.39 Å². The zero-order valence-electron chi connectivity index (χ0n) is 7.40. The van der Waals surface area contributed by atoms with E-state index in [-0.39, 0.29) is 11.9 Å². The average Bonchev–Trinajstić information content (AvgIpc) is 2.97. The number of hydrogen-bond donors (Lipinski definition) is 0. The van der Waals surface area contributed by atoms with Crippen LogP contribution in [0.1, 0.15) is 10.4 Å². The van der Waals surface area contributed by atoms with Gasteiger partial charge in [-0.25, -0.2) is 0 Å². The fourth-order valence-corrected chi connectivity index (χ4v) is 1.54. The molecule has 1 saturated heterocycles. The first-order valence-electron chi connectivity index (χ1n) is 4.48. The van der Waals surface area contributed by atoms with Crippen LogP contribution in [-0.4, -0.2) is 18.5 Å². The number of para-hydroxylation sites is 1. The SMILES string of the molecule is O=C(c1coc2ccccc12)C1CO1. The van der Waals surface area contributed by atoms with Crippen LogP contribution >= 0.6 is 0 Å². The van der Waals surface area contributed by atoms with E-state index in [1.54, 1.807) is 0 Å². The normalized spacial score (nSPS) is 19.9. The molecule has 1 aromatic heterocycles. The Morgan fingerprint density at radius 1 is 1.36 bits per heavy atom. The molecule has 1 aliphatic heterocycles. The Kier molecular flexibility index (Phi) is 1.49. The topological polar surface area (TPSA) is 42.7 Å². The van der Waals surface area contributed by atoms with Gasteiger partial charge >= 0.3 is 0 Å². The number of carbonyl (C=O) groups is 1. The van der Waals surface area contributed by atoms with E-state index in [2.05, 4.69) is 0 Å². The summed E-state index contributed by atoms with van der Waals surface area (Å²) in [5.41, 5.74) is 1.37. The molecule has 3 nitrogen and oxygen atoms in total. The van der Waals surface area contributed by atoms with Crippen molar-refractivity contribution in [1.82, 2.24) is 0 Å². The van der Waals surface area contributed by atoms with Crippen molar-refractivity contribution in [1.29, 1.82) is 0 Å². The molecule has 0 radical (unpaired) electrons. The molecule has 2 heterocycles. The Labute approximate surface area is 80.3 Å². The van der Waals surface area contributed by atoms with E-state index >= 15 is 0 Å². The van der Waals surface area contributed by atoms with Gasteiger partial charge in [-0.2, -0.15) is 0 Å². The van der Waals surface area contributed by atoms with Crippen molar-refractivity contribution in [3.05, 3.63) is 36.1 Å². The molecule has 0 saturated carbocycles. The quantitative estimate of drug-likeness (QED) is 0.534. The number of Topliss-reactive ketones (excluding diaryl/α,β-unsaturated/α-hetero) is 1. The lowest BCUT2D eigenvalue weighted by molar-refractivity contribution is 0.0954. The number of carbonyl (C=O) groups excluding carboxylic acids is 1. The Bertz CT molecular complexity index is 494. The van der Waals surface area contributed by atoms with Gasteiger partial charge in [-0.3, -0.25) is 4.79 Å². The van der Waals surface area contributed by atoms with Crippen molar-refractivity contribution in [3.63, 3.8) is 0 Å². The Hall–Kier alpha value is -1.61. The van der Waals surface area contributed by atoms with Crippen LogP contribution < -0.4 is 0 Å². The predicted molar refractivity (Wildman–Crippen MR) is 50.3 cm³/mol. The van der Waals surface area contributed by atoms with E-state index in [4.69, 9.17) is 9.15 Å². The summed E-state index contributed by atoms with van der Waals surface area (Å²) in [6.45, 7) is 0.540. The first-order chi connectivity index (χ1) is 6.86. The summed E-state index contributed by atoms with van der Waals surface area (Å²) < 4.78 is 10.2. The van der Waals surface area contributed by atoms with Crippen molar-refractivity contribution >= 4 is 16.8 Å². The van der Waals surface area contributed by atoms with Gasteiger partial charge in [0.05, 0.1) is 12.2 Å². The third kappa shape index (κ3) is 1.06. The van der Waals surface area contributed by atoms with Crippen molar-refractivity contribution in [2.45, 2.75) is 6.10 Å². The maximum atomic E-state index is 11.7. The van der Waals surface area contributed by atoms with Crippen LogP contribution in [0.25, 0.3) is 11.0 Å². The molecular formula is C11H8O3. The molecule has 1 fully saturated rings. The van der Waals surface area contributed by atoms with Crippen molar-refractivity contribution in [2.75, 3.05) is 6.61 Å². The minimum atomic E-state index is -0.240. The molecule has 1 aromatic carbocycles. The Morgan fingerprint density at radius 3 is 2.93 bits per heavy atom. The number of benzene rings is 1. The summed E-state index contributed by atoms with van der Waals surface area (Å²) in [6.07, 6.45) is 1.27. The lowest BCUT2D eigenvalue weighted by atomic mass is 10.1. The van der Waals surface area contributed by atoms with E-state index in [0.29, 0.717) is 12.2 Å². The summed E-state index contributed by atoms with van der Waals surface area (Å²) >= 11 is 0. The van der Waals surface area contributed by atoms with Gasteiger partial charge in [-0.05, 0) is 6.07 Å². The van der Waals surface area contributed by atoms with Gasteiger partial charge in [0.2, 0.25) is 0 Å². The van der Waals surface area contributed by atoms with E-state index in [1.807, 2.05) is 24.3 Å². The highest BCUT2D eigenvalue weighted by molar-refractivity contribution is 6.10. The molecule has 3 heteroatoms. The molecule has 70 valence electrons. The minimum absolute atomic E-state index is 0.0231. The van der Waals surface area contributed by atoms with E-state index in [0.717, 1.165) is 11.0 Å². The van der Waals surface area contributed by atoms with E-state index in [9.17, 15) is 4.79 Å². The predicted octanol–water partition coefficient (Wildman–Crippen LogP) is 2.01. The molecule has 0 N–H and O–H groups in total. The standard InChI is InChI=1S/C11H8O3/c12-11(10-6-14-10)8-5-13-9-4-2-1-3-7(8)9/h1-5,10H,6H2. The summed E-state index contributed by atoms with van der Waals surface area (Å²) in [5.74, 6) is 0.0231. The number of ether oxygens (including phenoxy) is 1. The molecule has 14 heavy (non-hydrogen) atoms. The van der Waals surface area contributed by atoms with Crippen LogP contribution in [0.15, 0.2) is 34.9 Å². The average molecular weight is 188 g/mol. The zero-order chi connectivity index (χ0) is 9.54. The highest BCUT2D eigenvalue weighted by atomic mass is 16.6. The molecule has 3 rings (SSSR count). The van der Waals surface area contributed by atoms with Gasteiger partial charge in [-0.1, -0.05) is 18.2 Å². The van der Waals surface area contributed by atoms with Crippen LogP contribution in [0.4, 0.5) is 0 Å². The molecule has 0 aliphatic carbocycles. The van der Waals surface area contributed by atoms with Gasteiger partial charge in [-0.15, -0.1) is 0 Å². The first-order valence-corrected chi connectivity index (χ1v) is 4.48. The number of epoxide rings is 1. The van der Waals surface area contributed by atoms with Crippen LogP contribution in [0, 0.1) is 0 Å². The van der Waals surface area contributed by atoms with Crippen LogP contribution in [-0.2, 0) is 4.74 Å². The first kappa shape index (κ1) is 7.76. The van der Waals surface area contributed by atoms with Crippen LogP contribution in [0.5, 0.6) is 0 Å². The smallest absolute Gasteiger partial charge is 0.197 e. The van der Waals surface area contributed by atoms with Crippen molar-refractivity contribution in [2.24, 2.45) is 0 Å². The van der Waals surface area contributed by atoms with Gasteiger partial charge in [0.1, 0.15) is 18.0 Å². The maximum Gasteiger partial charge on any atom is 0.197 e. The second-order valence-electron chi connectivity index (χ2n) is 3.33.